The molecule has 0 N–H and O–H groups in total. The number of ether oxygens (including phenoxy) is 1. The van der Waals surface area contributed by atoms with Gasteiger partial charge in [-0.1, -0.05) is 0 Å². The van der Waals surface area contributed by atoms with Crippen LogP contribution < -0.4 is 0 Å². The Labute approximate surface area is 117 Å². The van der Waals surface area contributed by atoms with Crippen LogP contribution in [0, 0.1) is 17.0 Å². The van der Waals surface area contributed by atoms with Crippen molar-refractivity contribution in [2.75, 3.05) is 13.2 Å². The van der Waals surface area contributed by atoms with E-state index in [1.54, 1.807) is 17.9 Å². The van der Waals surface area contributed by atoms with Crippen LogP contribution in [0.2, 0.25) is 0 Å². The summed E-state index contributed by atoms with van der Waals surface area (Å²) in [5.41, 5.74) is 1.01. The van der Waals surface area contributed by atoms with Gasteiger partial charge in [-0.05, 0) is 32.4 Å². The van der Waals surface area contributed by atoms with Gasteiger partial charge in [0.2, 0.25) is 0 Å². The minimum atomic E-state index is -0.477. The van der Waals surface area contributed by atoms with Crippen LogP contribution in [0.15, 0.2) is 18.2 Å². The molecule has 108 valence electrons. The second-order valence-electron chi connectivity index (χ2n) is 5.26. The molecule has 6 nitrogen and oxygen atoms in total. The summed E-state index contributed by atoms with van der Waals surface area (Å²) in [5.74, 6) is -0.181. The molecular formula is C14H18N2O4. The smallest absolute Gasteiger partial charge is 0.270 e. The third kappa shape index (κ3) is 2.96. The van der Waals surface area contributed by atoms with E-state index in [0.717, 1.165) is 0 Å². The number of carbonyl (C=O) groups is 1. The third-order valence-corrected chi connectivity index (χ3v) is 3.39. The first-order valence-electron chi connectivity index (χ1n) is 6.57. The SMILES string of the molecule is Cc1cc(C(=O)N2CC(C)OCC2C)cc([N+](=O)[O-])c1. The molecule has 0 aromatic heterocycles. The molecule has 1 saturated heterocycles. The Kier molecular flexibility index (Phi) is 4.04. The zero-order valence-electron chi connectivity index (χ0n) is 11.8. The number of carbonyl (C=O) groups excluding carboxylic acids is 1. The van der Waals surface area contributed by atoms with Crippen molar-refractivity contribution in [3.63, 3.8) is 0 Å². The molecule has 1 aromatic rings. The monoisotopic (exact) mass is 278 g/mol. The minimum absolute atomic E-state index is 0.0186. The first-order valence-corrected chi connectivity index (χ1v) is 6.57. The molecule has 0 saturated carbocycles. The Morgan fingerprint density at radius 2 is 2.10 bits per heavy atom. The van der Waals surface area contributed by atoms with Crippen LogP contribution in [0.3, 0.4) is 0 Å². The van der Waals surface area contributed by atoms with Gasteiger partial charge in [0.05, 0.1) is 23.7 Å². The van der Waals surface area contributed by atoms with Gasteiger partial charge in [-0.2, -0.15) is 0 Å². The molecule has 1 fully saturated rings. The van der Waals surface area contributed by atoms with Crippen molar-refractivity contribution in [2.24, 2.45) is 0 Å². The van der Waals surface area contributed by atoms with Crippen molar-refractivity contribution in [3.05, 3.63) is 39.4 Å². The van der Waals surface area contributed by atoms with Gasteiger partial charge in [0.15, 0.2) is 0 Å². The summed E-state index contributed by atoms with van der Waals surface area (Å²) >= 11 is 0. The number of amides is 1. The second kappa shape index (κ2) is 5.58. The van der Waals surface area contributed by atoms with E-state index in [-0.39, 0.29) is 23.7 Å². The zero-order valence-corrected chi connectivity index (χ0v) is 11.8. The normalized spacial score (nSPS) is 22.6. The fourth-order valence-electron chi connectivity index (χ4n) is 2.34. The number of nitro benzene ring substituents is 1. The molecule has 6 heteroatoms. The second-order valence-corrected chi connectivity index (χ2v) is 5.26. The summed E-state index contributed by atoms with van der Waals surface area (Å²) in [7, 11) is 0. The van der Waals surface area contributed by atoms with Crippen LogP contribution in [0.5, 0.6) is 0 Å². The summed E-state index contributed by atoms with van der Waals surface area (Å²) in [6.45, 7) is 6.55. The van der Waals surface area contributed by atoms with Gasteiger partial charge in [0, 0.05) is 24.2 Å². The topological polar surface area (TPSA) is 72.7 Å². The number of nitrogens with zero attached hydrogens (tertiary/aromatic N) is 2. The Hall–Kier alpha value is -1.95. The van der Waals surface area contributed by atoms with E-state index >= 15 is 0 Å². The van der Waals surface area contributed by atoms with Crippen LogP contribution in [-0.2, 0) is 4.74 Å². The molecule has 1 aliphatic rings. The van der Waals surface area contributed by atoms with E-state index in [0.29, 0.717) is 24.3 Å². The molecule has 1 heterocycles. The number of hydrogen-bond acceptors (Lipinski definition) is 4. The molecule has 0 aliphatic carbocycles. The van der Waals surface area contributed by atoms with Crippen LogP contribution >= 0.6 is 0 Å². The van der Waals surface area contributed by atoms with Crippen molar-refractivity contribution >= 4 is 11.6 Å². The van der Waals surface area contributed by atoms with Gasteiger partial charge < -0.3 is 9.64 Å². The molecule has 2 rings (SSSR count). The summed E-state index contributed by atoms with van der Waals surface area (Å²) in [6.07, 6.45) is -0.0186. The Bertz CT molecular complexity index is 544. The van der Waals surface area contributed by atoms with Crippen LogP contribution in [0.1, 0.15) is 29.8 Å². The lowest BCUT2D eigenvalue weighted by atomic mass is 10.1. The molecule has 1 aromatic carbocycles. The summed E-state index contributed by atoms with van der Waals surface area (Å²) < 4.78 is 5.49. The van der Waals surface area contributed by atoms with E-state index in [9.17, 15) is 14.9 Å². The van der Waals surface area contributed by atoms with E-state index in [2.05, 4.69) is 0 Å². The van der Waals surface area contributed by atoms with Crippen molar-refractivity contribution < 1.29 is 14.5 Å². The average molecular weight is 278 g/mol. The fraction of sp³-hybridized carbons (Fsp3) is 0.500. The van der Waals surface area contributed by atoms with E-state index in [4.69, 9.17) is 4.74 Å². The minimum Gasteiger partial charge on any atom is -0.375 e. The average Bonchev–Trinajstić information content (AvgIpc) is 2.40. The summed E-state index contributed by atoms with van der Waals surface area (Å²) in [6, 6.07) is 4.45. The van der Waals surface area contributed by atoms with Crippen LogP contribution in [-0.4, -0.2) is 41.0 Å². The number of aryl methyl sites for hydroxylation is 1. The van der Waals surface area contributed by atoms with Gasteiger partial charge in [0.25, 0.3) is 11.6 Å². The highest BCUT2D eigenvalue weighted by Crippen LogP contribution is 2.21. The number of rotatable bonds is 2. The van der Waals surface area contributed by atoms with Gasteiger partial charge in [0.1, 0.15) is 0 Å². The zero-order chi connectivity index (χ0) is 14.9. The molecule has 0 bridgehead atoms. The Morgan fingerprint density at radius 1 is 1.40 bits per heavy atom. The van der Waals surface area contributed by atoms with Gasteiger partial charge in [-0.3, -0.25) is 14.9 Å². The molecule has 2 atom stereocenters. The lowest BCUT2D eigenvalue weighted by molar-refractivity contribution is -0.384. The predicted molar refractivity (Wildman–Crippen MR) is 73.7 cm³/mol. The quantitative estimate of drug-likeness (QED) is 0.613. The fourth-order valence-corrected chi connectivity index (χ4v) is 2.34. The summed E-state index contributed by atoms with van der Waals surface area (Å²) in [4.78, 5) is 24.6. The Balaban J connectivity index is 2.30. The van der Waals surface area contributed by atoms with Crippen molar-refractivity contribution in [3.8, 4) is 0 Å². The van der Waals surface area contributed by atoms with Gasteiger partial charge in [-0.15, -0.1) is 0 Å². The van der Waals surface area contributed by atoms with E-state index in [1.165, 1.54) is 12.1 Å². The molecule has 20 heavy (non-hydrogen) atoms. The largest absolute Gasteiger partial charge is 0.375 e. The highest BCUT2D eigenvalue weighted by atomic mass is 16.6. The molecule has 1 amide bonds. The van der Waals surface area contributed by atoms with Crippen molar-refractivity contribution in [2.45, 2.75) is 32.9 Å². The number of benzene rings is 1. The van der Waals surface area contributed by atoms with Crippen molar-refractivity contribution in [1.82, 2.24) is 4.90 Å². The number of hydrogen-bond donors (Lipinski definition) is 0. The maximum atomic E-state index is 12.5. The highest BCUT2D eigenvalue weighted by molar-refractivity contribution is 5.95. The maximum absolute atomic E-state index is 12.5. The van der Waals surface area contributed by atoms with Crippen molar-refractivity contribution in [1.29, 1.82) is 0 Å². The van der Waals surface area contributed by atoms with Gasteiger partial charge in [-0.25, -0.2) is 0 Å². The Morgan fingerprint density at radius 3 is 2.75 bits per heavy atom. The van der Waals surface area contributed by atoms with E-state index < -0.39 is 4.92 Å². The predicted octanol–water partition coefficient (Wildman–Crippen LogP) is 2.15. The highest BCUT2D eigenvalue weighted by Gasteiger charge is 2.29. The lowest BCUT2D eigenvalue weighted by Crippen LogP contribution is -2.50. The molecule has 0 radical (unpaired) electrons. The first-order chi connectivity index (χ1) is 9.38. The third-order valence-electron chi connectivity index (χ3n) is 3.39. The molecular weight excluding hydrogens is 260 g/mol. The summed E-state index contributed by atoms with van der Waals surface area (Å²) in [5, 5.41) is 10.9. The number of morpholine rings is 1. The molecule has 1 aliphatic heterocycles. The molecule has 0 spiro atoms. The standard InChI is InChI=1S/C14H18N2O4/c1-9-4-12(6-13(5-9)16(18)19)14(17)15-7-11(3)20-8-10(15)2/h4-6,10-11H,7-8H2,1-3H3. The molecule has 2 unspecified atom stereocenters. The van der Waals surface area contributed by atoms with Crippen LogP contribution in [0.4, 0.5) is 5.69 Å². The lowest BCUT2D eigenvalue weighted by Gasteiger charge is -2.36. The maximum Gasteiger partial charge on any atom is 0.270 e. The van der Waals surface area contributed by atoms with Gasteiger partial charge >= 0.3 is 0 Å². The number of non-ortho nitro benzene ring substituents is 1. The van der Waals surface area contributed by atoms with Crippen LogP contribution in [0.25, 0.3) is 0 Å². The van der Waals surface area contributed by atoms with E-state index in [1.807, 2.05) is 13.8 Å². The number of nitro groups is 1. The first kappa shape index (κ1) is 14.5.